The highest BCUT2D eigenvalue weighted by Gasteiger charge is 2.33. The maximum absolute atomic E-state index is 12.8. The molecule has 0 saturated carbocycles. The Balaban J connectivity index is 1.58. The lowest BCUT2D eigenvalue weighted by Gasteiger charge is -2.13. The van der Waals surface area contributed by atoms with E-state index in [1.54, 1.807) is 24.3 Å². The van der Waals surface area contributed by atoms with Crippen LogP contribution in [0.25, 0.3) is 17.4 Å². The Morgan fingerprint density at radius 3 is 2.35 bits per heavy atom. The van der Waals surface area contributed by atoms with Gasteiger partial charge in [-0.1, -0.05) is 36.1 Å². The number of carbonyl (C=O) groups is 1. The second-order valence-electron chi connectivity index (χ2n) is 6.30. The molecule has 1 aromatic heterocycles. The molecule has 0 N–H and O–H groups in total. The molecule has 1 aliphatic rings. The van der Waals surface area contributed by atoms with Crippen LogP contribution in [-0.4, -0.2) is 20.1 Å². The maximum Gasteiger partial charge on any atom is 0.270 e. The Morgan fingerprint density at radius 2 is 1.68 bits per heavy atom. The highest BCUT2D eigenvalue weighted by Crippen LogP contribution is 2.37. The molecule has 2 aromatic carbocycles. The average molecular weight is 453 g/mol. The number of rotatable bonds is 5. The second kappa shape index (κ2) is 8.13. The Morgan fingerprint density at radius 1 is 0.968 bits per heavy atom. The third-order valence-electron chi connectivity index (χ3n) is 4.35. The van der Waals surface area contributed by atoms with Gasteiger partial charge >= 0.3 is 0 Å². The lowest BCUT2D eigenvalue weighted by Crippen LogP contribution is -2.27. The van der Waals surface area contributed by atoms with Crippen LogP contribution in [0.1, 0.15) is 5.76 Å². The molecule has 3 aromatic rings. The van der Waals surface area contributed by atoms with Crippen LogP contribution in [0.2, 0.25) is 0 Å². The number of anilines is 1. The summed E-state index contributed by atoms with van der Waals surface area (Å²) in [6, 6.07) is 14.8. The molecular weight excluding hydrogens is 442 g/mol. The van der Waals surface area contributed by atoms with E-state index in [0.29, 0.717) is 27.7 Å². The molecular formula is C20H11N3O6S2. The molecule has 1 saturated heterocycles. The number of non-ortho nitro benzene ring substituents is 2. The van der Waals surface area contributed by atoms with E-state index in [-0.39, 0.29) is 21.6 Å². The van der Waals surface area contributed by atoms with Crippen LogP contribution in [0, 0.1) is 20.2 Å². The smallest absolute Gasteiger partial charge is 0.270 e. The lowest BCUT2D eigenvalue weighted by molar-refractivity contribution is -0.385. The molecule has 1 aliphatic heterocycles. The molecule has 1 amide bonds. The van der Waals surface area contributed by atoms with Crippen molar-refractivity contribution in [2.24, 2.45) is 0 Å². The van der Waals surface area contributed by atoms with Crippen molar-refractivity contribution in [3.05, 3.63) is 91.6 Å². The van der Waals surface area contributed by atoms with E-state index in [4.69, 9.17) is 16.6 Å². The van der Waals surface area contributed by atoms with Gasteiger partial charge in [0.2, 0.25) is 0 Å². The van der Waals surface area contributed by atoms with Gasteiger partial charge in [0.15, 0.2) is 4.32 Å². The van der Waals surface area contributed by atoms with E-state index in [1.807, 2.05) is 0 Å². The summed E-state index contributed by atoms with van der Waals surface area (Å²) in [6.07, 6.45) is 1.53. The van der Waals surface area contributed by atoms with E-state index in [9.17, 15) is 25.0 Å². The van der Waals surface area contributed by atoms with Crippen LogP contribution >= 0.6 is 24.0 Å². The minimum atomic E-state index is -0.524. The minimum Gasteiger partial charge on any atom is -0.457 e. The number of benzene rings is 2. The third kappa shape index (κ3) is 4.09. The van der Waals surface area contributed by atoms with Crippen molar-refractivity contribution in [1.29, 1.82) is 0 Å². The molecule has 0 atom stereocenters. The van der Waals surface area contributed by atoms with Gasteiger partial charge in [0.1, 0.15) is 11.5 Å². The van der Waals surface area contributed by atoms with Gasteiger partial charge in [0.05, 0.1) is 20.4 Å². The van der Waals surface area contributed by atoms with Crippen molar-refractivity contribution < 1.29 is 19.1 Å². The van der Waals surface area contributed by atoms with Crippen LogP contribution in [0.5, 0.6) is 0 Å². The van der Waals surface area contributed by atoms with Gasteiger partial charge in [-0.3, -0.25) is 29.9 Å². The summed E-state index contributed by atoms with van der Waals surface area (Å²) in [7, 11) is 0. The van der Waals surface area contributed by atoms with Crippen LogP contribution in [0.3, 0.4) is 0 Å². The molecule has 0 aliphatic carbocycles. The average Bonchev–Trinajstić information content (AvgIpc) is 3.33. The summed E-state index contributed by atoms with van der Waals surface area (Å²) in [5.74, 6) is 0.420. The van der Waals surface area contributed by atoms with Crippen molar-refractivity contribution in [2.75, 3.05) is 4.90 Å². The minimum absolute atomic E-state index is 0.0561. The van der Waals surface area contributed by atoms with E-state index in [2.05, 4.69) is 0 Å². The summed E-state index contributed by atoms with van der Waals surface area (Å²) in [5, 5.41) is 21.8. The summed E-state index contributed by atoms with van der Waals surface area (Å²) in [4.78, 5) is 35.2. The molecule has 0 unspecified atom stereocenters. The molecule has 11 heteroatoms. The molecule has 2 heterocycles. The number of amides is 1. The van der Waals surface area contributed by atoms with E-state index in [1.165, 1.54) is 47.4 Å². The molecule has 1 fully saturated rings. The second-order valence-corrected chi connectivity index (χ2v) is 7.98. The largest absolute Gasteiger partial charge is 0.457 e. The highest BCUT2D eigenvalue weighted by molar-refractivity contribution is 8.27. The molecule has 0 radical (unpaired) electrons. The van der Waals surface area contributed by atoms with Crippen molar-refractivity contribution in [2.45, 2.75) is 0 Å². The topological polar surface area (TPSA) is 120 Å². The van der Waals surface area contributed by atoms with Crippen LogP contribution in [0.15, 0.2) is 70.0 Å². The van der Waals surface area contributed by atoms with E-state index < -0.39 is 9.85 Å². The Hall–Kier alpha value is -3.83. The van der Waals surface area contributed by atoms with Gasteiger partial charge in [0.25, 0.3) is 17.3 Å². The summed E-state index contributed by atoms with van der Waals surface area (Å²) in [6.45, 7) is 0. The summed E-state index contributed by atoms with van der Waals surface area (Å²) >= 11 is 6.38. The normalized spacial score (nSPS) is 15.0. The van der Waals surface area contributed by atoms with Gasteiger partial charge in [-0.25, -0.2) is 0 Å². The zero-order chi connectivity index (χ0) is 22.1. The molecule has 31 heavy (non-hydrogen) atoms. The fourth-order valence-electron chi connectivity index (χ4n) is 2.90. The first-order chi connectivity index (χ1) is 14.8. The van der Waals surface area contributed by atoms with Crippen LogP contribution in [-0.2, 0) is 4.79 Å². The monoisotopic (exact) mass is 453 g/mol. The van der Waals surface area contributed by atoms with Crippen LogP contribution < -0.4 is 4.90 Å². The Bertz CT molecular complexity index is 1270. The fraction of sp³-hybridized carbons (Fsp3) is 0. The number of hydrogen-bond acceptors (Lipinski definition) is 8. The highest BCUT2D eigenvalue weighted by atomic mass is 32.2. The van der Waals surface area contributed by atoms with E-state index in [0.717, 1.165) is 11.8 Å². The summed E-state index contributed by atoms with van der Waals surface area (Å²) < 4.78 is 6.02. The predicted octanol–water partition coefficient (Wildman–Crippen LogP) is 5.17. The van der Waals surface area contributed by atoms with Gasteiger partial charge in [-0.05, 0) is 24.3 Å². The Kier molecular flexibility index (Phi) is 5.36. The number of nitrogens with zero attached hydrogens (tertiary/aromatic N) is 3. The zero-order valence-electron chi connectivity index (χ0n) is 15.5. The van der Waals surface area contributed by atoms with Crippen molar-refractivity contribution >= 4 is 57.3 Å². The molecule has 0 spiro atoms. The summed E-state index contributed by atoms with van der Waals surface area (Å²) in [5.41, 5.74) is 0.814. The molecule has 154 valence electrons. The SMILES string of the molecule is O=C1/C(=C\c2ccc(-c3cccc([N+](=O)[O-])c3)o2)SC(=S)N1c1ccc([N+](=O)[O-])cc1. The van der Waals surface area contributed by atoms with Crippen LogP contribution in [0.4, 0.5) is 17.1 Å². The number of thioether (sulfide) groups is 1. The Labute approximate surface area is 184 Å². The van der Waals surface area contributed by atoms with E-state index >= 15 is 0 Å². The van der Waals surface area contributed by atoms with Gasteiger partial charge in [-0.2, -0.15) is 0 Å². The number of carbonyl (C=O) groups excluding carboxylic acids is 1. The van der Waals surface area contributed by atoms with Gasteiger partial charge < -0.3 is 4.42 Å². The number of hydrogen-bond donors (Lipinski definition) is 0. The maximum atomic E-state index is 12.8. The van der Waals surface area contributed by atoms with Crippen molar-refractivity contribution in [1.82, 2.24) is 0 Å². The first-order valence-electron chi connectivity index (χ1n) is 8.70. The van der Waals surface area contributed by atoms with Gasteiger partial charge in [0, 0.05) is 35.9 Å². The van der Waals surface area contributed by atoms with Gasteiger partial charge in [-0.15, -0.1) is 0 Å². The number of nitro groups is 2. The fourth-order valence-corrected chi connectivity index (χ4v) is 4.18. The first kappa shape index (κ1) is 20.4. The number of nitro benzene ring substituents is 2. The standard InChI is InChI=1S/C20H11N3O6S2/c24-19-18(31-20(30)21(19)13-4-6-14(7-5-13)22(25)26)11-16-8-9-17(29-16)12-2-1-3-15(10-12)23(27)28/h1-11H/b18-11+. The molecule has 9 nitrogen and oxygen atoms in total. The van der Waals surface area contributed by atoms with Crippen molar-refractivity contribution in [3.63, 3.8) is 0 Å². The molecule has 4 rings (SSSR count). The quantitative estimate of drug-likeness (QED) is 0.225. The first-order valence-corrected chi connectivity index (χ1v) is 9.93. The number of furan rings is 1. The number of thiocarbonyl (C=S) groups is 1. The lowest BCUT2D eigenvalue weighted by atomic mass is 10.1. The predicted molar refractivity (Wildman–Crippen MR) is 120 cm³/mol. The van der Waals surface area contributed by atoms with Crippen molar-refractivity contribution in [3.8, 4) is 11.3 Å². The zero-order valence-corrected chi connectivity index (χ0v) is 17.1. The molecule has 0 bridgehead atoms. The third-order valence-corrected chi connectivity index (χ3v) is 5.66.